The van der Waals surface area contributed by atoms with Gasteiger partial charge < -0.3 is 16.2 Å². The molecule has 0 amide bonds. The van der Waals surface area contributed by atoms with Crippen LogP contribution in [0.25, 0.3) is 0 Å². The molecule has 15 heavy (non-hydrogen) atoms. The molecule has 3 unspecified atom stereocenters. The summed E-state index contributed by atoms with van der Waals surface area (Å²) in [4.78, 5) is 0. The zero-order valence-electron chi connectivity index (χ0n) is 10.1. The lowest BCUT2D eigenvalue weighted by atomic mass is 9.79. The zero-order valence-corrected chi connectivity index (χ0v) is 10.1. The lowest BCUT2D eigenvalue weighted by molar-refractivity contribution is -0.0149. The normalized spacial score (nSPS) is 31.2. The van der Waals surface area contributed by atoms with Crippen LogP contribution in [-0.2, 0) is 0 Å². The van der Waals surface area contributed by atoms with Crippen molar-refractivity contribution in [3.05, 3.63) is 0 Å². The van der Waals surface area contributed by atoms with Crippen LogP contribution < -0.4 is 11.1 Å². The zero-order chi connectivity index (χ0) is 11.3. The first kappa shape index (κ1) is 12.9. The number of hydrogen-bond donors (Lipinski definition) is 3. The van der Waals surface area contributed by atoms with E-state index in [0.717, 1.165) is 31.7 Å². The van der Waals surface area contributed by atoms with Gasteiger partial charge in [0.1, 0.15) is 0 Å². The summed E-state index contributed by atoms with van der Waals surface area (Å²) < 4.78 is 0. The van der Waals surface area contributed by atoms with E-state index in [2.05, 4.69) is 19.2 Å². The molecule has 3 atom stereocenters. The van der Waals surface area contributed by atoms with Crippen LogP contribution in [0.2, 0.25) is 0 Å². The SMILES string of the molecule is CCCC(O)(CN)C1CC(CC)CCN1. The first-order valence-corrected chi connectivity index (χ1v) is 6.32. The molecule has 4 N–H and O–H groups in total. The first-order chi connectivity index (χ1) is 7.16. The third-order valence-corrected chi connectivity index (χ3v) is 3.77. The number of nitrogens with two attached hydrogens (primary N) is 1. The summed E-state index contributed by atoms with van der Waals surface area (Å²) >= 11 is 0. The average Bonchev–Trinajstić information content (AvgIpc) is 2.29. The van der Waals surface area contributed by atoms with Crippen LogP contribution in [-0.4, -0.2) is 29.8 Å². The molecule has 1 fully saturated rings. The number of rotatable bonds is 5. The van der Waals surface area contributed by atoms with Crippen LogP contribution in [0.15, 0.2) is 0 Å². The quantitative estimate of drug-likeness (QED) is 0.645. The molecule has 0 bridgehead atoms. The lowest BCUT2D eigenvalue weighted by Crippen LogP contribution is -2.58. The summed E-state index contributed by atoms with van der Waals surface area (Å²) in [6.45, 7) is 5.72. The molecule has 0 aromatic carbocycles. The second-order valence-corrected chi connectivity index (χ2v) is 4.86. The molecule has 90 valence electrons. The van der Waals surface area contributed by atoms with E-state index in [4.69, 9.17) is 5.73 Å². The van der Waals surface area contributed by atoms with Gasteiger partial charge in [-0.15, -0.1) is 0 Å². The van der Waals surface area contributed by atoms with Gasteiger partial charge in [-0.05, 0) is 31.7 Å². The molecule has 1 heterocycles. The fourth-order valence-electron chi connectivity index (χ4n) is 2.63. The third kappa shape index (κ3) is 3.16. The van der Waals surface area contributed by atoms with E-state index >= 15 is 0 Å². The molecule has 1 aliphatic rings. The summed E-state index contributed by atoms with van der Waals surface area (Å²) in [7, 11) is 0. The molecule has 3 heteroatoms. The van der Waals surface area contributed by atoms with Gasteiger partial charge in [0.25, 0.3) is 0 Å². The molecule has 1 rings (SSSR count). The van der Waals surface area contributed by atoms with Crippen molar-refractivity contribution in [2.45, 2.75) is 57.6 Å². The fraction of sp³-hybridized carbons (Fsp3) is 1.00. The van der Waals surface area contributed by atoms with E-state index in [1.54, 1.807) is 0 Å². The molecule has 3 nitrogen and oxygen atoms in total. The molecule has 0 saturated carbocycles. The minimum Gasteiger partial charge on any atom is -0.387 e. The average molecular weight is 214 g/mol. The summed E-state index contributed by atoms with van der Waals surface area (Å²) in [5.74, 6) is 0.756. The molecule has 0 aliphatic carbocycles. The van der Waals surface area contributed by atoms with Gasteiger partial charge in [-0.1, -0.05) is 26.7 Å². The minimum atomic E-state index is -0.692. The van der Waals surface area contributed by atoms with Crippen LogP contribution in [0, 0.1) is 5.92 Å². The smallest absolute Gasteiger partial charge is 0.0921 e. The molecule has 0 aromatic heterocycles. The Morgan fingerprint density at radius 2 is 2.20 bits per heavy atom. The van der Waals surface area contributed by atoms with Crippen molar-refractivity contribution < 1.29 is 5.11 Å². The van der Waals surface area contributed by atoms with Gasteiger partial charge in [0.2, 0.25) is 0 Å². The maximum absolute atomic E-state index is 10.5. The highest BCUT2D eigenvalue weighted by molar-refractivity contribution is 4.95. The van der Waals surface area contributed by atoms with Gasteiger partial charge in [0.15, 0.2) is 0 Å². The molecular weight excluding hydrogens is 188 g/mol. The van der Waals surface area contributed by atoms with Gasteiger partial charge in [-0.25, -0.2) is 0 Å². The topological polar surface area (TPSA) is 58.3 Å². The minimum absolute atomic E-state index is 0.196. The van der Waals surface area contributed by atoms with Crippen LogP contribution in [0.3, 0.4) is 0 Å². The van der Waals surface area contributed by atoms with Crippen molar-refractivity contribution in [1.82, 2.24) is 5.32 Å². The number of nitrogens with one attached hydrogen (secondary N) is 1. The van der Waals surface area contributed by atoms with Crippen LogP contribution >= 0.6 is 0 Å². The monoisotopic (exact) mass is 214 g/mol. The fourth-order valence-corrected chi connectivity index (χ4v) is 2.63. The predicted molar refractivity (Wildman–Crippen MR) is 63.7 cm³/mol. The molecular formula is C12H26N2O. The van der Waals surface area contributed by atoms with Gasteiger partial charge >= 0.3 is 0 Å². The Balaban J connectivity index is 2.58. The maximum atomic E-state index is 10.5. The van der Waals surface area contributed by atoms with E-state index in [1.807, 2.05) is 0 Å². The van der Waals surface area contributed by atoms with E-state index in [9.17, 15) is 5.11 Å². The van der Waals surface area contributed by atoms with E-state index in [0.29, 0.717) is 6.54 Å². The van der Waals surface area contributed by atoms with Crippen LogP contribution in [0.4, 0.5) is 0 Å². The third-order valence-electron chi connectivity index (χ3n) is 3.77. The highest BCUT2D eigenvalue weighted by Gasteiger charge is 2.37. The van der Waals surface area contributed by atoms with Gasteiger partial charge in [0, 0.05) is 12.6 Å². The Kier molecular flexibility index (Phi) is 5.03. The van der Waals surface area contributed by atoms with Gasteiger partial charge in [-0.3, -0.25) is 0 Å². The number of hydrogen-bond acceptors (Lipinski definition) is 3. The van der Waals surface area contributed by atoms with Crippen molar-refractivity contribution in [1.29, 1.82) is 0 Å². The first-order valence-electron chi connectivity index (χ1n) is 6.32. The van der Waals surface area contributed by atoms with Crippen LogP contribution in [0.1, 0.15) is 46.0 Å². The second-order valence-electron chi connectivity index (χ2n) is 4.86. The maximum Gasteiger partial charge on any atom is 0.0921 e. The van der Waals surface area contributed by atoms with Crippen molar-refractivity contribution in [2.75, 3.05) is 13.1 Å². The highest BCUT2D eigenvalue weighted by atomic mass is 16.3. The van der Waals surface area contributed by atoms with Crippen LogP contribution in [0.5, 0.6) is 0 Å². The van der Waals surface area contributed by atoms with Crippen molar-refractivity contribution >= 4 is 0 Å². The standard InChI is InChI=1S/C12H26N2O/c1-3-6-12(15,9-13)11-8-10(4-2)5-7-14-11/h10-11,14-15H,3-9,13H2,1-2H3. The van der Waals surface area contributed by atoms with E-state index < -0.39 is 5.60 Å². The summed E-state index contributed by atoms with van der Waals surface area (Å²) in [5, 5.41) is 13.9. The second kappa shape index (κ2) is 5.83. The number of aliphatic hydroxyl groups is 1. The Bertz CT molecular complexity index is 186. The van der Waals surface area contributed by atoms with E-state index in [1.165, 1.54) is 12.8 Å². The molecule has 0 radical (unpaired) electrons. The van der Waals surface area contributed by atoms with Crippen molar-refractivity contribution in [3.63, 3.8) is 0 Å². The summed E-state index contributed by atoms with van der Waals surface area (Å²) in [6.07, 6.45) is 5.31. The van der Waals surface area contributed by atoms with Crippen molar-refractivity contribution in [3.8, 4) is 0 Å². The largest absolute Gasteiger partial charge is 0.387 e. The van der Waals surface area contributed by atoms with E-state index in [-0.39, 0.29) is 6.04 Å². The molecule has 1 saturated heterocycles. The molecule has 1 aliphatic heterocycles. The Morgan fingerprint density at radius 1 is 1.47 bits per heavy atom. The summed E-state index contributed by atoms with van der Waals surface area (Å²) in [6, 6.07) is 0.196. The number of piperidine rings is 1. The Labute approximate surface area is 93.4 Å². The van der Waals surface area contributed by atoms with Gasteiger partial charge in [-0.2, -0.15) is 0 Å². The molecule has 0 aromatic rings. The summed E-state index contributed by atoms with van der Waals surface area (Å²) in [5.41, 5.74) is 5.03. The Morgan fingerprint density at radius 3 is 2.73 bits per heavy atom. The van der Waals surface area contributed by atoms with Gasteiger partial charge in [0.05, 0.1) is 5.60 Å². The van der Waals surface area contributed by atoms with Crippen molar-refractivity contribution in [2.24, 2.45) is 11.7 Å². The molecule has 0 spiro atoms. The Hall–Kier alpha value is -0.120. The highest BCUT2D eigenvalue weighted by Crippen LogP contribution is 2.27. The lowest BCUT2D eigenvalue weighted by Gasteiger charge is -2.41. The predicted octanol–water partition coefficient (Wildman–Crippen LogP) is 1.25.